The molecule has 0 saturated carbocycles. The summed E-state index contributed by atoms with van der Waals surface area (Å²) in [6.07, 6.45) is 5.47. The standard InChI is InChI=1S/C24H27ClFN9O/c1-16-4-5-30-35(16)21-11-17(25)10-20(12-21)31-19-3-2-18(27-13-19)14-29-33-24-28-15-22(26)23(32-24)34-6-8-36-9-7-34/h2-3,10-16,30-31H,4-9H2,1H3,(H,28,32,33)/b29-14+. The lowest BCUT2D eigenvalue weighted by molar-refractivity contribution is 0.122. The molecule has 0 aliphatic carbocycles. The van der Waals surface area contributed by atoms with Crippen molar-refractivity contribution in [3.8, 4) is 0 Å². The molecule has 3 N–H and O–H groups in total. The normalized spacial score (nSPS) is 18.1. The Morgan fingerprint density at radius 1 is 1.17 bits per heavy atom. The van der Waals surface area contributed by atoms with E-state index >= 15 is 0 Å². The molecule has 4 heterocycles. The maximum absolute atomic E-state index is 14.2. The lowest BCUT2D eigenvalue weighted by Crippen LogP contribution is -2.37. The number of pyridine rings is 1. The summed E-state index contributed by atoms with van der Waals surface area (Å²) < 4.78 is 19.5. The molecule has 2 fully saturated rings. The molecule has 5 rings (SSSR count). The number of ether oxygens (including phenoxy) is 1. The zero-order valence-electron chi connectivity index (χ0n) is 19.8. The zero-order valence-corrected chi connectivity index (χ0v) is 20.5. The fourth-order valence-corrected chi connectivity index (χ4v) is 4.33. The van der Waals surface area contributed by atoms with E-state index in [1.807, 2.05) is 35.2 Å². The first kappa shape index (κ1) is 24.2. The number of hydrazone groups is 1. The molecule has 10 nitrogen and oxygen atoms in total. The summed E-state index contributed by atoms with van der Waals surface area (Å²) >= 11 is 6.36. The summed E-state index contributed by atoms with van der Waals surface area (Å²) in [7, 11) is 0. The van der Waals surface area contributed by atoms with E-state index in [2.05, 4.69) is 48.2 Å². The van der Waals surface area contributed by atoms with Crippen LogP contribution >= 0.6 is 11.6 Å². The van der Waals surface area contributed by atoms with Crippen LogP contribution in [0.25, 0.3) is 0 Å². The van der Waals surface area contributed by atoms with Gasteiger partial charge in [-0.1, -0.05) is 11.6 Å². The summed E-state index contributed by atoms with van der Waals surface area (Å²) in [6.45, 7) is 5.35. The van der Waals surface area contributed by atoms with Gasteiger partial charge in [0, 0.05) is 36.4 Å². The van der Waals surface area contributed by atoms with Crippen LogP contribution in [0.1, 0.15) is 19.0 Å². The van der Waals surface area contributed by atoms with E-state index in [1.54, 1.807) is 12.4 Å². The number of hydrazine groups is 1. The summed E-state index contributed by atoms with van der Waals surface area (Å²) in [5, 5.41) is 10.3. The Kier molecular flexibility index (Phi) is 7.40. The van der Waals surface area contributed by atoms with Crippen LogP contribution in [0.2, 0.25) is 5.02 Å². The van der Waals surface area contributed by atoms with Crippen molar-refractivity contribution in [3.63, 3.8) is 0 Å². The number of halogens is 2. The molecule has 3 aromatic rings. The second kappa shape index (κ2) is 11.0. The average molecular weight is 512 g/mol. The lowest BCUT2D eigenvalue weighted by Gasteiger charge is -2.27. The maximum atomic E-state index is 14.2. The highest BCUT2D eigenvalue weighted by Gasteiger charge is 2.21. The van der Waals surface area contributed by atoms with Gasteiger partial charge in [0.15, 0.2) is 11.6 Å². The Bertz CT molecular complexity index is 1220. The van der Waals surface area contributed by atoms with Gasteiger partial charge in [-0.3, -0.25) is 4.98 Å². The molecule has 1 unspecified atom stereocenters. The molecule has 2 saturated heterocycles. The Balaban J connectivity index is 1.21. The summed E-state index contributed by atoms with van der Waals surface area (Å²) in [5.41, 5.74) is 9.44. The van der Waals surface area contributed by atoms with E-state index in [4.69, 9.17) is 16.3 Å². The molecule has 36 heavy (non-hydrogen) atoms. The molecular formula is C24H27ClFN9O. The number of nitrogens with one attached hydrogen (secondary N) is 3. The highest BCUT2D eigenvalue weighted by molar-refractivity contribution is 6.31. The van der Waals surface area contributed by atoms with Gasteiger partial charge in [0.2, 0.25) is 5.95 Å². The van der Waals surface area contributed by atoms with E-state index in [-0.39, 0.29) is 11.8 Å². The Morgan fingerprint density at radius 3 is 2.78 bits per heavy atom. The van der Waals surface area contributed by atoms with Crippen LogP contribution in [0.4, 0.5) is 33.2 Å². The van der Waals surface area contributed by atoms with Crippen molar-refractivity contribution < 1.29 is 9.13 Å². The molecule has 2 aromatic heterocycles. The predicted octanol–water partition coefficient (Wildman–Crippen LogP) is 3.79. The summed E-state index contributed by atoms with van der Waals surface area (Å²) in [5.74, 6) is -0.0427. The number of hydrogen-bond acceptors (Lipinski definition) is 10. The van der Waals surface area contributed by atoms with Gasteiger partial charge >= 0.3 is 0 Å². The molecule has 2 aliphatic rings. The number of anilines is 5. The molecule has 1 aromatic carbocycles. The third kappa shape index (κ3) is 5.81. The Hall–Kier alpha value is -3.54. The van der Waals surface area contributed by atoms with Gasteiger partial charge in [0.1, 0.15) is 0 Å². The quantitative estimate of drug-likeness (QED) is 0.323. The van der Waals surface area contributed by atoms with Gasteiger partial charge in [-0.15, -0.1) is 0 Å². The van der Waals surface area contributed by atoms with E-state index < -0.39 is 5.82 Å². The summed E-state index contributed by atoms with van der Waals surface area (Å²) in [4.78, 5) is 14.4. The number of morpholine rings is 1. The van der Waals surface area contributed by atoms with Gasteiger partial charge in [0.05, 0.1) is 48.9 Å². The van der Waals surface area contributed by atoms with E-state index in [0.717, 1.165) is 36.2 Å². The third-order valence-corrected chi connectivity index (χ3v) is 6.14. The first-order valence-corrected chi connectivity index (χ1v) is 12.1. The van der Waals surface area contributed by atoms with Crippen LogP contribution in [0.5, 0.6) is 0 Å². The molecule has 1 atom stereocenters. The first-order chi connectivity index (χ1) is 17.5. The predicted molar refractivity (Wildman–Crippen MR) is 140 cm³/mol. The first-order valence-electron chi connectivity index (χ1n) is 11.8. The molecule has 0 bridgehead atoms. The number of aromatic nitrogens is 3. The largest absolute Gasteiger partial charge is 0.378 e. The van der Waals surface area contributed by atoms with Crippen LogP contribution in [0.15, 0.2) is 47.8 Å². The van der Waals surface area contributed by atoms with Crippen molar-refractivity contribution in [2.45, 2.75) is 19.4 Å². The summed E-state index contributed by atoms with van der Waals surface area (Å²) in [6, 6.07) is 9.99. The fraction of sp³-hybridized carbons (Fsp3) is 0.333. The van der Waals surface area contributed by atoms with Crippen molar-refractivity contribution in [3.05, 3.63) is 59.3 Å². The number of hydrogen-bond donors (Lipinski definition) is 3. The minimum Gasteiger partial charge on any atom is -0.378 e. The maximum Gasteiger partial charge on any atom is 0.245 e. The topological polar surface area (TPSA) is 103 Å². The van der Waals surface area contributed by atoms with E-state index in [1.165, 1.54) is 0 Å². The van der Waals surface area contributed by atoms with Crippen LogP contribution in [0, 0.1) is 5.82 Å². The fourth-order valence-electron chi connectivity index (χ4n) is 4.10. The van der Waals surface area contributed by atoms with Gasteiger partial charge in [-0.05, 0) is 43.7 Å². The van der Waals surface area contributed by atoms with Gasteiger partial charge in [-0.25, -0.2) is 20.2 Å². The minimum absolute atomic E-state index is 0.200. The van der Waals surface area contributed by atoms with Crippen LogP contribution in [0.3, 0.4) is 0 Å². The van der Waals surface area contributed by atoms with Crippen molar-refractivity contribution in [1.29, 1.82) is 0 Å². The molecule has 0 radical (unpaired) electrons. The zero-order chi connectivity index (χ0) is 24.9. The highest BCUT2D eigenvalue weighted by Crippen LogP contribution is 2.29. The molecule has 188 valence electrons. The average Bonchev–Trinajstić information content (AvgIpc) is 3.32. The SMILES string of the molecule is CC1CCNN1c1cc(Cl)cc(Nc2ccc(/C=N/Nc3ncc(F)c(N4CCOCC4)n3)nc2)c1. The third-order valence-electron chi connectivity index (χ3n) is 5.92. The van der Waals surface area contributed by atoms with Crippen molar-refractivity contribution >= 4 is 46.6 Å². The smallest absolute Gasteiger partial charge is 0.245 e. The number of nitrogens with zero attached hydrogens (tertiary/aromatic N) is 6. The van der Waals surface area contributed by atoms with E-state index in [0.29, 0.717) is 43.1 Å². The van der Waals surface area contributed by atoms with Gasteiger partial charge in [0.25, 0.3) is 0 Å². The molecule has 2 aliphatic heterocycles. The second-order valence-corrected chi connectivity index (χ2v) is 8.98. The Morgan fingerprint density at radius 2 is 2.03 bits per heavy atom. The van der Waals surface area contributed by atoms with E-state index in [9.17, 15) is 4.39 Å². The lowest BCUT2D eigenvalue weighted by atomic mass is 10.2. The Labute approximate surface area is 213 Å². The van der Waals surface area contributed by atoms with Crippen molar-refractivity contribution in [1.82, 2.24) is 20.4 Å². The van der Waals surface area contributed by atoms with Crippen LogP contribution in [-0.2, 0) is 4.74 Å². The molecule has 12 heteroatoms. The number of rotatable bonds is 7. The second-order valence-electron chi connectivity index (χ2n) is 8.55. The number of benzene rings is 1. The molecule has 0 spiro atoms. The van der Waals surface area contributed by atoms with Crippen LogP contribution < -0.4 is 26.1 Å². The minimum atomic E-state index is -0.478. The van der Waals surface area contributed by atoms with Gasteiger partial charge in [-0.2, -0.15) is 10.1 Å². The van der Waals surface area contributed by atoms with Gasteiger partial charge < -0.3 is 20.0 Å². The highest BCUT2D eigenvalue weighted by atomic mass is 35.5. The van der Waals surface area contributed by atoms with Crippen LogP contribution in [-0.4, -0.2) is 60.1 Å². The molecule has 0 amide bonds. The molecular weight excluding hydrogens is 485 g/mol. The monoisotopic (exact) mass is 511 g/mol. The van der Waals surface area contributed by atoms with Crippen molar-refractivity contribution in [2.75, 3.05) is 53.5 Å². The van der Waals surface area contributed by atoms with Crippen molar-refractivity contribution in [2.24, 2.45) is 5.10 Å².